The SMILES string of the molecule is CCc1nc(C(N)=O)c(Nc2cccc(S(C)(=O)=O)c2)nc1NC1CCc2cc(OC)ccc2C1. The van der Waals surface area contributed by atoms with Gasteiger partial charge in [-0.05, 0) is 67.1 Å². The summed E-state index contributed by atoms with van der Waals surface area (Å²) in [6, 6.07) is 12.6. The van der Waals surface area contributed by atoms with Gasteiger partial charge in [0.1, 0.15) is 5.75 Å². The van der Waals surface area contributed by atoms with Crippen molar-refractivity contribution in [3.05, 3.63) is 65.0 Å². The summed E-state index contributed by atoms with van der Waals surface area (Å²) in [6.07, 6.45) is 4.32. The number of sulfone groups is 1. The third-order valence-corrected chi connectivity index (χ3v) is 7.15. The number of ether oxygens (including phenoxy) is 1. The lowest BCUT2D eigenvalue weighted by molar-refractivity contribution is 0.0996. The van der Waals surface area contributed by atoms with Crippen molar-refractivity contribution in [1.82, 2.24) is 9.97 Å². The van der Waals surface area contributed by atoms with Crippen LogP contribution in [-0.4, -0.2) is 43.7 Å². The Morgan fingerprint density at radius 2 is 1.94 bits per heavy atom. The van der Waals surface area contributed by atoms with E-state index in [9.17, 15) is 13.2 Å². The number of benzene rings is 2. The van der Waals surface area contributed by atoms with E-state index in [4.69, 9.17) is 10.5 Å². The fraction of sp³-hybridized carbons (Fsp3) is 0.320. The summed E-state index contributed by atoms with van der Waals surface area (Å²) in [7, 11) is -1.73. The van der Waals surface area contributed by atoms with Crippen molar-refractivity contribution in [2.24, 2.45) is 5.73 Å². The number of primary amides is 1. The normalized spacial score (nSPS) is 15.2. The third-order valence-electron chi connectivity index (χ3n) is 6.04. The molecule has 0 fully saturated rings. The molecule has 1 aliphatic rings. The number of amides is 1. The Balaban J connectivity index is 1.64. The molecule has 1 atom stereocenters. The minimum absolute atomic E-state index is 0.00163. The highest BCUT2D eigenvalue weighted by Crippen LogP contribution is 2.29. The number of aryl methyl sites for hydroxylation is 2. The highest BCUT2D eigenvalue weighted by atomic mass is 32.2. The zero-order valence-electron chi connectivity index (χ0n) is 20.0. The minimum Gasteiger partial charge on any atom is -0.497 e. The molecule has 0 bridgehead atoms. The van der Waals surface area contributed by atoms with Gasteiger partial charge >= 0.3 is 0 Å². The Labute approximate surface area is 205 Å². The number of hydrogen-bond donors (Lipinski definition) is 3. The zero-order chi connectivity index (χ0) is 25.2. The molecule has 1 unspecified atom stereocenters. The van der Waals surface area contributed by atoms with Gasteiger partial charge in [-0.1, -0.05) is 19.1 Å². The molecule has 9 nitrogen and oxygen atoms in total. The number of fused-ring (bicyclic) bond motifs is 1. The van der Waals surface area contributed by atoms with Crippen molar-refractivity contribution in [1.29, 1.82) is 0 Å². The number of nitrogens with one attached hydrogen (secondary N) is 2. The second kappa shape index (κ2) is 9.91. The van der Waals surface area contributed by atoms with Crippen LogP contribution in [0.3, 0.4) is 0 Å². The van der Waals surface area contributed by atoms with E-state index >= 15 is 0 Å². The lowest BCUT2D eigenvalue weighted by atomic mass is 9.88. The molecule has 184 valence electrons. The van der Waals surface area contributed by atoms with Gasteiger partial charge in [0, 0.05) is 18.0 Å². The van der Waals surface area contributed by atoms with Crippen molar-refractivity contribution < 1.29 is 17.9 Å². The van der Waals surface area contributed by atoms with Crippen molar-refractivity contribution >= 4 is 33.1 Å². The largest absolute Gasteiger partial charge is 0.497 e. The van der Waals surface area contributed by atoms with Gasteiger partial charge in [-0.3, -0.25) is 4.79 Å². The highest BCUT2D eigenvalue weighted by Gasteiger charge is 2.23. The van der Waals surface area contributed by atoms with Gasteiger partial charge in [-0.2, -0.15) is 0 Å². The van der Waals surface area contributed by atoms with Crippen LogP contribution in [0.5, 0.6) is 5.75 Å². The first-order valence-electron chi connectivity index (χ1n) is 11.4. The van der Waals surface area contributed by atoms with Gasteiger partial charge in [0.15, 0.2) is 27.2 Å². The summed E-state index contributed by atoms with van der Waals surface area (Å²) in [5, 5.41) is 6.54. The molecule has 0 radical (unpaired) electrons. The van der Waals surface area contributed by atoms with E-state index in [-0.39, 0.29) is 22.4 Å². The van der Waals surface area contributed by atoms with Crippen LogP contribution in [0.4, 0.5) is 17.3 Å². The lowest BCUT2D eigenvalue weighted by Gasteiger charge is -2.27. The molecule has 2 aromatic carbocycles. The van der Waals surface area contributed by atoms with E-state index in [0.29, 0.717) is 23.6 Å². The van der Waals surface area contributed by atoms with Crippen molar-refractivity contribution in [3.63, 3.8) is 0 Å². The van der Waals surface area contributed by atoms with E-state index in [0.717, 1.165) is 31.3 Å². The summed E-state index contributed by atoms with van der Waals surface area (Å²) < 4.78 is 29.2. The molecule has 3 aromatic rings. The molecule has 0 saturated carbocycles. The van der Waals surface area contributed by atoms with Crippen molar-refractivity contribution in [2.45, 2.75) is 43.5 Å². The molecule has 4 N–H and O–H groups in total. The Bertz CT molecular complexity index is 1370. The minimum atomic E-state index is -3.40. The Kier molecular flexibility index (Phi) is 6.93. The van der Waals surface area contributed by atoms with E-state index in [2.05, 4.69) is 32.7 Å². The third kappa shape index (κ3) is 5.54. The van der Waals surface area contributed by atoms with Crippen LogP contribution in [-0.2, 0) is 29.1 Å². The Morgan fingerprint density at radius 1 is 1.14 bits per heavy atom. The number of rotatable bonds is 8. The molecule has 1 aromatic heterocycles. The van der Waals surface area contributed by atoms with Gasteiger partial charge in [-0.25, -0.2) is 18.4 Å². The van der Waals surface area contributed by atoms with Gasteiger partial charge in [-0.15, -0.1) is 0 Å². The summed E-state index contributed by atoms with van der Waals surface area (Å²) in [5.74, 6) is 0.873. The van der Waals surface area contributed by atoms with Crippen LogP contribution in [0.25, 0.3) is 0 Å². The van der Waals surface area contributed by atoms with Crippen molar-refractivity contribution in [2.75, 3.05) is 24.0 Å². The highest BCUT2D eigenvalue weighted by molar-refractivity contribution is 7.90. The van der Waals surface area contributed by atoms with Gasteiger partial charge in [0.2, 0.25) is 0 Å². The van der Waals surface area contributed by atoms with Crippen LogP contribution < -0.4 is 21.1 Å². The summed E-state index contributed by atoms with van der Waals surface area (Å²) in [5.41, 5.74) is 9.22. The Morgan fingerprint density at radius 3 is 2.63 bits per heavy atom. The second-order valence-corrected chi connectivity index (χ2v) is 10.6. The number of nitrogens with two attached hydrogens (primary N) is 1. The topological polar surface area (TPSA) is 136 Å². The molecule has 1 amide bonds. The number of carbonyl (C=O) groups excluding carboxylic acids is 1. The fourth-order valence-corrected chi connectivity index (χ4v) is 4.87. The molecular formula is C25H29N5O4S. The molecule has 4 rings (SSSR count). The predicted octanol–water partition coefficient (Wildman–Crippen LogP) is 3.26. The molecule has 10 heteroatoms. The smallest absolute Gasteiger partial charge is 0.271 e. The zero-order valence-corrected chi connectivity index (χ0v) is 20.8. The summed E-state index contributed by atoms with van der Waals surface area (Å²) in [6.45, 7) is 1.94. The van der Waals surface area contributed by atoms with Crippen LogP contribution in [0.2, 0.25) is 0 Å². The molecule has 1 heterocycles. The molecular weight excluding hydrogens is 466 g/mol. The van der Waals surface area contributed by atoms with Crippen molar-refractivity contribution in [3.8, 4) is 5.75 Å². The fourth-order valence-electron chi connectivity index (χ4n) is 4.21. The maximum Gasteiger partial charge on any atom is 0.271 e. The Hall–Kier alpha value is -3.66. The molecule has 1 aliphatic carbocycles. The predicted molar refractivity (Wildman–Crippen MR) is 135 cm³/mol. The van der Waals surface area contributed by atoms with E-state index in [1.165, 1.54) is 23.3 Å². The van der Waals surface area contributed by atoms with Crippen LogP contribution in [0.15, 0.2) is 47.4 Å². The number of hydrogen-bond acceptors (Lipinski definition) is 8. The number of aromatic nitrogens is 2. The van der Waals surface area contributed by atoms with E-state index in [1.807, 2.05) is 13.0 Å². The first-order valence-corrected chi connectivity index (χ1v) is 13.3. The van der Waals surface area contributed by atoms with Crippen LogP contribution >= 0.6 is 0 Å². The maximum absolute atomic E-state index is 12.2. The maximum atomic E-state index is 12.2. The van der Waals surface area contributed by atoms with Crippen LogP contribution in [0.1, 0.15) is 40.7 Å². The number of anilines is 3. The first-order chi connectivity index (χ1) is 16.7. The molecule has 0 saturated heterocycles. The lowest BCUT2D eigenvalue weighted by Crippen LogP contribution is -2.29. The monoisotopic (exact) mass is 495 g/mol. The molecule has 0 spiro atoms. The van der Waals surface area contributed by atoms with Gasteiger partial charge in [0.25, 0.3) is 5.91 Å². The van der Waals surface area contributed by atoms with E-state index in [1.54, 1.807) is 19.2 Å². The van der Waals surface area contributed by atoms with Gasteiger partial charge in [0.05, 0.1) is 17.7 Å². The number of methoxy groups -OCH3 is 1. The molecule has 35 heavy (non-hydrogen) atoms. The average Bonchev–Trinajstić information content (AvgIpc) is 2.83. The molecule has 0 aliphatic heterocycles. The number of carbonyl (C=O) groups is 1. The number of nitrogens with zero attached hydrogens (tertiary/aromatic N) is 2. The van der Waals surface area contributed by atoms with E-state index < -0.39 is 15.7 Å². The summed E-state index contributed by atoms with van der Waals surface area (Å²) >= 11 is 0. The quantitative estimate of drug-likeness (QED) is 0.433. The van der Waals surface area contributed by atoms with Crippen LogP contribution in [0, 0.1) is 0 Å². The average molecular weight is 496 g/mol. The first kappa shape index (κ1) is 24.5. The van der Waals surface area contributed by atoms with Gasteiger partial charge < -0.3 is 21.1 Å². The standard InChI is InChI=1S/C25H29N5O4S/c1-4-21-24(27-18-10-8-16-13-19(34-2)11-9-15(16)12-18)30-25(22(29-21)23(26)31)28-17-6-5-7-20(14-17)35(3,32)33/h5-7,9,11,13-14,18H,4,8,10,12H2,1-3H3,(H2,26,31)(H2,27,28,30). The second-order valence-electron chi connectivity index (χ2n) is 8.58. The summed E-state index contributed by atoms with van der Waals surface area (Å²) in [4.78, 5) is 21.5.